The molecule has 0 radical (unpaired) electrons. The van der Waals surface area contributed by atoms with Gasteiger partial charge in [-0.3, -0.25) is 9.36 Å². The van der Waals surface area contributed by atoms with Crippen LogP contribution in [-0.4, -0.2) is 32.3 Å². The predicted octanol–water partition coefficient (Wildman–Crippen LogP) is 5.35. The minimum atomic E-state index is 0.117. The number of para-hydroxylation sites is 2. The summed E-state index contributed by atoms with van der Waals surface area (Å²) < 4.78 is 9.72. The van der Waals surface area contributed by atoms with E-state index in [0.717, 1.165) is 44.6 Å². The maximum atomic E-state index is 12.9. The van der Waals surface area contributed by atoms with Crippen molar-refractivity contribution in [1.29, 1.82) is 0 Å². The van der Waals surface area contributed by atoms with Gasteiger partial charge in [-0.25, -0.2) is 4.98 Å². The molecule has 2 aromatic heterocycles. The van der Waals surface area contributed by atoms with Gasteiger partial charge in [0.15, 0.2) is 10.9 Å². The van der Waals surface area contributed by atoms with E-state index in [1.54, 1.807) is 0 Å². The molecule has 4 rings (SSSR count). The second-order valence-corrected chi connectivity index (χ2v) is 8.14. The molecule has 0 saturated carbocycles. The fourth-order valence-corrected chi connectivity index (χ4v) is 4.47. The topological polar surface area (TPSA) is 49.0 Å². The molecule has 0 unspecified atom stereocenters. The lowest BCUT2D eigenvalue weighted by Gasteiger charge is -2.10. The monoisotopic (exact) mass is 419 g/mol. The van der Waals surface area contributed by atoms with Crippen molar-refractivity contribution in [2.45, 2.75) is 25.9 Å². The standard InChI is InChI=1S/C24H25N3O2S/c1-5-29-19-12-10-18(11-13-19)27-22-9-7-6-8-21(22)25-24(27)30-15-23(28)20-14-16(2)26(4)17(20)3/h6-14H,5,15H2,1-4H3. The third kappa shape index (κ3) is 3.75. The SMILES string of the molecule is CCOc1ccc(-n2c(SCC(=O)c3cc(C)n(C)c3C)nc3ccccc32)cc1. The zero-order valence-corrected chi connectivity index (χ0v) is 18.5. The Bertz CT molecular complexity index is 1210. The summed E-state index contributed by atoms with van der Waals surface area (Å²) in [5.74, 6) is 1.29. The first-order valence-electron chi connectivity index (χ1n) is 9.99. The van der Waals surface area contributed by atoms with E-state index in [1.807, 2.05) is 80.9 Å². The van der Waals surface area contributed by atoms with Gasteiger partial charge in [0, 0.05) is 29.7 Å². The third-order valence-electron chi connectivity index (χ3n) is 5.34. The van der Waals surface area contributed by atoms with Crippen molar-refractivity contribution >= 4 is 28.6 Å². The zero-order valence-electron chi connectivity index (χ0n) is 17.7. The molecule has 0 aliphatic rings. The molecule has 0 fully saturated rings. The second-order valence-electron chi connectivity index (χ2n) is 7.20. The highest BCUT2D eigenvalue weighted by Gasteiger charge is 2.18. The number of carbonyl (C=O) groups is 1. The minimum absolute atomic E-state index is 0.117. The number of ether oxygens (including phenoxy) is 1. The molecule has 2 aromatic carbocycles. The van der Waals surface area contributed by atoms with E-state index >= 15 is 0 Å². The average molecular weight is 420 g/mol. The number of nitrogens with zero attached hydrogens (tertiary/aromatic N) is 3. The van der Waals surface area contributed by atoms with Crippen molar-refractivity contribution in [1.82, 2.24) is 14.1 Å². The maximum Gasteiger partial charge on any atom is 0.175 e. The van der Waals surface area contributed by atoms with Crippen LogP contribution >= 0.6 is 11.8 Å². The van der Waals surface area contributed by atoms with Gasteiger partial charge in [-0.1, -0.05) is 23.9 Å². The van der Waals surface area contributed by atoms with Crippen LogP contribution < -0.4 is 4.74 Å². The fourth-order valence-electron chi connectivity index (χ4n) is 3.55. The Morgan fingerprint density at radius 3 is 2.50 bits per heavy atom. The van der Waals surface area contributed by atoms with Gasteiger partial charge in [0.05, 0.1) is 23.4 Å². The lowest BCUT2D eigenvalue weighted by molar-refractivity contribution is 0.102. The molecule has 0 amide bonds. The van der Waals surface area contributed by atoms with Crippen LogP contribution in [-0.2, 0) is 7.05 Å². The maximum absolute atomic E-state index is 12.9. The molecule has 0 aliphatic carbocycles. The van der Waals surface area contributed by atoms with E-state index in [2.05, 4.69) is 10.6 Å². The van der Waals surface area contributed by atoms with Crippen molar-refractivity contribution in [3.63, 3.8) is 0 Å². The minimum Gasteiger partial charge on any atom is -0.494 e. The summed E-state index contributed by atoms with van der Waals surface area (Å²) in [6.45, 7) is 6.61. The third-order valence-corrected chi connectivity index (χ3v) is 6.28. The number of hydrogen-bond acceptors (Lipinski definition) is 4. The van der Waals surface area contributed by atoms with Gasteiger partial charge in [-0.15, -0.1) is 0 Å². The van der Waals surface area contributed by atoms with Gasteiger partial charge in [0.1, 0.15) is 5.75 Å². The van der Waals surface area contributed by atoms with Crippen molar-refractivity contribution in [2.75, 3.05) is 12.4 Å². The summed E-state index contributed by atoms with van der Waals surface area (Å²) in [6, 6.07) is 18.0. The Labute approximate surface area is 180 Å². The number of aryl methyl sites for hydroxylation is 1. The molecule has 0 saturated heterocycles. The molecule has 2 heterocycles. The number of ketones is 1. The predicted molar refractivity (Wildman–Crippen MR) is 122 cm³/mol. The number of carbonyl (C=O) groups excluding carboxylic acids is 1. The van der Waals surface area contributed by atoms with Crippen LogP contribution in [0.15, 0.2) is 59.8 Å². The fraction of sp³-hybridized carbons (Fsp3) is 0.250. The number of aromatic nitrogens is 3. The summed E-state index contributed by atoms with van der Waals surface area (Å²) in [7, 11) is 1.99. The van der Waals surface area contributed by atoms with Gasteiger partial charge in [-0.05, 0) is 63.2 Å². The molecular weight excluding hydrogens is 394 g/mol. The van der Waals surface area contributed by atoms with E-state index in [1.165, 1.54) is 11.8 Å². The van der Waals surface area contributed by atoms with Crippen LogP contribution in [0.2, 0.25) is 0 Å². The van der Waals surface area contributed by atoms with Crippen LogP contribution in [0, 0.1) is 13.8 Å². The second kappa shape index (κ2) is 8.40. The van der Waals surface area contributed by atoms with Crippen LogP contribution in [0.5, 0.6) is 5.75 Å². The highest BCUT2D eigenvalue weighted by molar-refractivity contribution is 7.99. The summed E-state index contributed by atoms with van der Waals surface area (Å²) in [5.41, 5.74) is 5.79. The average Bonchev–Trinajstić information content (AvgIpc) is 3.25. The number of hydrogen-bond donors (Lipinski definition) is 0. The van der Waals surface area contributed by atoms with Gasteiger partial charge < -0.3 is 9.30 Å². The van der Waals surface area contributed by atoms with Gasteiger partial charge in [-0.2, -0.15) is 0 Å². The quantitative estimate of drug-likeness (QED) is 0.299. The zero-order chi connectivity index (χ0) is 21.3. The highest BCUT2D eigenvalue weighted by atomic mass is 32.2. The van der Waals surface area contributed by atoms with E-state index < -0.39 is 0 Å². The Morgan fingerprint density at radius 2 is 1.83 bits per heavy atom. The number of thioether (sulfide) groups is 1. The molecule has 0 aliphatic heterocycles. The molecule has 0 atom stereocenters. The first-order chi connectivity index (χ1) is 14.5. The molecule has 0 N–H and O–H groups in total. The normalized spacial score (nSPS) is 11.2. The molecule has 0 bridgehead atoms. The summed E-state index contributed by atoms with van der Waals surface area (Å²) >= 11 is 1.47. The lowest BCUT2D eigenvalue weighted by atomic mass is 10.2. The number of Topliss-reactive ketones (excluding diaryl/α,β-unsaturated/α-hetero) is 1. The summed E-state index contributed by atoms with van der Waals surface area (Å²) in [5, 5.41) is 0.805. The van der Waals surface area contributed by atoms with E-state index in [-0.39, 0.29) is 5.78 Å². The summed E-state index contributed by atoms with van der Waals surface area (Å²) in [6.07, 6.45) is 0. The highest BCUT2D eigenvalue weighted by Crippen LogP contribution is 2.29. The largest absolute Gasteiger partial charge is 0.494 e. The van der Waals surface area contributed by atoms with E-state index in [0.29, 0.717) is 12.4 Å². The van der Waals surface area contributed by atoms with Crippen molar-refractivity contribution < 1.29 is 9.53 Å². The number of fused-ring (bicyclic) bond motifs is 1. The Kier molecular flexibility index (Phi) is 5.68. The van der Waals surface area contributed by atoms with Gasteiger partial charge in [0.25, 0.3) is 0 Å². The van der Waals surface area contributed by atoms with Crippen molar-refractivity contribution in [3.05, 3.63) is 71.5 Å². The lowest BCUT2D eigenvalue weighted by Crippen LogP contribution is -2.06. The van der Waals surface area contributed by atoms with Gasteiger partial charge in [0.2, 0.25) is 0 Å². The first kappa shape index (κ1) is 20.3. The molecule has 4 aromatic rings. The Hall–Kier alpha value is -2.99. The van der Waals surface area contributed by atoms with Crippen molar-refractivity contribution in [2.24, 2.45) is 7.05 Å². The number of rotatable bonds is 7. The molecular formula is C24H25N3O2S. The first-order valence-corrected chi connectivity index (χ1v) is 11.0. The van der Waals surface area contributed by atoms with Crippen molar-refractivity contribution in [3.8, 4) is 11.4 Å². The smallest absolute Gasteiger partial charge is 0.175 e. The Morgan fingerprint density at radius 1 is 1.10 bits per heavy atom. The van der Waals surface area contributed by atoms with Gasteiger partial charge >= 0.3 is 0 Å². The van der Waals surface area contributed by atoms with Crippen LogP contribution in [0.3, 0.4) is 0 Å². The van der Waals surface area contributed by atoms with E-state index in [9.17, 15) is 4.79 Å². The molecule has 6 heteroatoms. The van der Waals surface area contributed by atoms with Crippen LogP contribution in [0.4, 0.5) is 0 Å². The van der Waals surface area contributed by atoms with E-state index in [4.69, 9.17) is 9.72 Å². The number of imidazole rings is 1. The molecule has 30 heavy (non-hydrogen) atoms. The molecule has 0 spiro atoms. The molecule has 154 valence electrons. The summed E-state index contributed by atoms with van der Waals surface area (Å²) in [4.78, 5) is 17.7. The number of benzene rings is 2. The Balaban J connectivity index is 1.66. The molecule has 5 nitrogen and oxygen atoms in total. The van der Waals surface area contributed by atoms with Crippen LogP contribution in [0.1, 0.15) is 28.7 Å². The van der Waals surface area contributed by atoms with Crippen LogP contribution in [0.25, 0.3) is 16.7 Å².